The number of aryl methyl sites for hydroxylation is 1. The summed E-state index contributed by atoms with van der Waals surface area (Å²) in [5.74, 6) is -1.29. The minimum Gasteiger partial charge on any atom is -0.378 e. The molecule has 0 aliphatic carbocycles. The second kappa shape index (κ2) is 38.5. The zero-order valence-electron chi connectivity index (χ0n) is 65.3. The molecule has 630 valence electrons. The Morgan fingerprint density at radius 3 is 0.984 bits per heavy atom. The van der Waals surface area contributed by atoms with Crippen LogP contribution < -0.4 is 62.3 Å². The van der Waals surface area contributed by atoms with Crippen LogP contribution in [0.2, 0.25) is 25.1 Å². The lowest BCUT2D eigenvalue weighted by Crippen LogP contribution is -2.29. The molecule has 9 aromatic carbocycles. The fourth-order valence-corrected chi connectivity index (χ4v) is 18.9. The van der Waals surface area contributed by atoms with Crippen molar-refractivity contribution in [3.8, 4) is 44.9 Å². The van der Waals surface area contributed by atoms with E-state index in [-0.39, 0.29) is 23.6 Å². The number of aromatic nitrogens is 3. The molecule has 7 heterocycles. The maximum Gasteiger partial charge on any atom is 0.301 e. The van der Waals surface area contributed by atoms with E-state index in [1.54, 1.807) is 200 Å². The van der Waals surface area contributed by atoms with Crippen LogP contribution in [0.1, 0.15) is 47.0 Å². The molecule has 4 aliphatic rings. The van der Waals surface area contributed by atoms with Crippen molar-refractivity contribution in [2.45, 2.75) is 6.92 Å². The Balaban J connectivity index is 0.000000141. The third-order valence-corrected chi connectivity index (χ3v) is 26.9. The van der Waals surface area contributed by atoms with Crippen LogP contribution in [0.3, 0.4) is 0 Å². The maximum atomic E-state index is 12.7. The first-order valence-electron chi connectivity index (χ1n) is 37.4. The fourth-order valence-electron chi connectivity index (χ4n) is 12.9. The van der Waals surface area contributed by atoms with Crippen LogP contribution in [-0.4, -0.2) is 139 Å². The third-order valence-electron chi connectivity index (χ3n) is 19.2. The summed E-state index contributed by atoms with van der Waals surface area (Å²) >= 11 is 31.3. The first kappa shape index (κ1) is 88.7. The summed E-state index contributed by atoms with van der Waals surface area (Å²) in [4.78, 5) is 68.9. The lowest BCUT2D eigenvalue weighted by atomic mass is 10.0. The lowest BCUT2D eigenvalue weighted by molar-refractivity contribution is 0.101. The Hall–Kier alpha value is -12.1. The SMILES string of the molecule is CN(C)c1ccc(-c2cc(NC(=O)c3ccc(N4CCNS4(=O)=O)cc3)ccc2Cl)cc1.Cc1ccnc(-c2cc(NC(=O)c3ccc(N4CCNS4(=O)=O)cc3)ccc2Cl)c1.O=C(Nc1ccc(Cl)c(-c2cc(Cl)ccn2)c1)c1ccc(N2CCNS2(=O)=O)cc1.[C-]#[N+]c1ccc(-c2cc(NC(=O)c3ccc(N4CCNS4(=O)=O)cc3)ccc2Cl)nc1. The highest BCUT2D eigenvalue weighted by Crippen LogP contribution is 2.37. The lowest BCUT2D eigenvalue weighted by Gasteiger charge is -2.16. The van der Waals surface area contributed by atoms with Crippen molar-refractivity contribution in [3.63, 3.8) is 0 Å². The molecule has 4 saturated heterocycles. The van der Waals surface area contributed by atoms with Gasteiger partial charge in [0.1, 0.15) is 0 Å². The molecule has 0 atom stereocenters. The summed E-state index contributed by atoms with van der Waals surface area (Å²) in [6.45, 7) is 11.8. The molecular formula is C85H74Cl5N17O12S4. The molecule has 4 fully saturated rings. The van der Waals surface area contributed by atoms with Crippen molar-refractivity contribution in [2.24, 2.45) is 0 Å². The molecule has 29 nitrogen and oxygen atoms in total. The quantitative estimate of drug-likeness (QED) is 0.0393. The highest BCUT2D eigenvalue weighted by Gasteiger charge is 2.32. The van der Waals surface area contributed by atoms with Gasteiger partial charge in [0.15, 0.2) is 0 Å². The molecule has 12 aromatic rings. The Kier molecular flexibility index (Phi) is 27.8. The van der Waals surface area contributed by atoms with Gasteiger partial charge in [0.2, 0.25) is 5.69 Å². The molecule has 0 spiro atoms. The van der Waals surface area contributed by atoms with E-state index in [0.717, 1.165) is 33.6 Å². The second-order valence-electron chi connectivity index (χ2n) is 27.7. The molecule has 4 amide bonds. The van der Waals surface area contributed by atoms with Crippen LogP contribution in [0.4, 0.5) is 56.9 Å². The predicted octanol–water partition coefficient (Wildman–Crippen LogP) is 15.4. The molecule has 0 bridgehead atoms. The highest BCUT2D eigenvalue weighted by atomic mass is 35.5. The molecule has 0 unspecified atom stereocenters. The first-order chi connectivity index (χ1) is 58.8. The van der Waals surface area contributed by atoms with E-state index in [1.807, 2.05) is 68.4 Å². The van der Waals surface area contributed by atoms with Gasteiger partial charge in [-0.3, -0.25) is 51.4 Å². The van der Waals surface area contributed by atoms with Crippen LogP contribution in [0, 0.1) is 13.5 Å². The van der Waals surface area contributed by atoms with E-state index in [4.69, 9.17) is 64.6 Å². The van der Waals surface area contributed by atoms with Gasteiger partial charge < -0.3 is 26.2 Å². The number of nitrogens with zero attached hydrogens (tertiary/aromatic N) is 9. The van der Waals surface area contributed by atoms with Crippen LogP contribution in [0.25, 0.3) is 49.7 Å². The van der Waals surface area contributed by atoms with Crippen molar-refractivity contribution in [2.75, 3.05) is 110 Å². The van der Waals surface area contributed by atoms with Gasteiger partial charge in [-0.2, -0.15) is 52.6 Å². The Labute approximate surface area is 735 Å². The fraction of sp³-hybridized carbons (Fsp3) is 0.129. The van der Waals surface area contributed by atoms with E-state index in [2.05, 4.69) is 60.0 Å². The van der Waals surface area contributed by atoms with Crippen LogP contribution in [-0.2, 0) is 40.8 Å². The molecule has 123 heavy (non-hydrogen) atoms. The van der Waals surface area contributed by atoms with Gasteiger partial charge in [0.25, 0.3) is 23.6 Å². The number of hydrogen-bond acceptors (Lipinski definition) is 16. The van der Waals surface area contributed by atoms with Crippen molar-refractivity contribution >= 4 is 179 Å². The number of rotatable bonds is 17. The number of amides is 4. The number of nitrogens with one attached hydrogen (secondary N) is 8. The van der Waals surface area contributed by atoms with E-state index < -0.39 is 40.8 Å². The molecular weight excluding hydrogens is 1760 g/mol. The number of anilines is 9. The molecule has 8 N–H and O–H groups in total. The zero-order valence-corrected chi connectivity index (χ0v) is 72.3. The molecule has 3 aromatic heterocycles. The van der Waals surface area contributed by atoms with Gasteiger partial charge in [-0.05, 0) is 230 Å². The van der Waals surface area contributed by atoms with E-state index in [9.17, 15) is 52.8 Å². The van der Waals surface area contributed by atoms with Crippen LogP contribution >= 0.6 is 58.0 Å². The highest BCUT2D eigenvalue weighted by molar-refractivity contribution is 7.92. The predicted molar refractivity (Wildman–Crippen MR) is 486 cm³/mol. The summed E-state index contributed by atoms with van der Waals surface area (Å²) in [7, 11) is -10.1. The number of pyridine rings is 3. The smallest absolute Gasteiger partial charge is 0.301 e. The van der Waals surface area contributed by atoms with E-state index >= 15 is 0 Å². The number of benzene rings is 9. The van der Waals surface area contributed by atoms with Crippen LogP contribution in [0.15, 0.2) is 249 Å². The minimum absolute atomic E-state index is 0.296. The maximum absolute atomic E-state index is 12.7. The summed E-state index contributed by atoms with van der Waals surface area (Å²) in [5, 5.41) is 13.9. The topological polar surface area (TPSA) is 360 Å². The Bertz CT molecular complexity index is 6340. The summed E-state index contributed by atoms with van der Waals surface area (Å²) in [6, 6.07) is 64.7. The Morgan fingerprint density at radius 1 is 0.374 bits per heavy atom. The van der Waals surface area contributed by atoms with E-state index in [1.165, 1.54) is 23.4 Å². The van der Waals surface area contributed by atoms with Crippen molar-refractivity contribution < 1.29 is 52.8 Å². The van der Waals surface area contributed by atoms with Crippen molar-refractivity contribution in [1.29, 1.82) is 0 Å². The van der Waals surface area contributed by atoms with Gasteiger partial charge in [0.05, 0.1) is 61.5 Å². The number of carbonyl (C=O) groups is 4. The average molecular weight is 1830 g/mol. The summed E-state index contributed by atoms with van der Waals surface area (Å²) in [6.07, 6.45) is 4.75. The molecule has 0 radical (unpaired) electrons. The monoisotopic (exact) mass is 1830 g/mol. The Morgan fingerprint density at radius 2 is 0.691 bits per heavy atom. The normalized spacial score (nSPS) is 15.0. The van der Waals surface area contributed by atoms with Crippen molar-refractivity contribution in [1.82, 2.24) is 33.8 Å². The molecule has 16 rings (SSSR count). The number of halogens is 5. The van der Waals surface area contributed by atoms with Gasteiger partial charge in [-0.1, -0.05) is 76.2 Å². The van der Waals surface area contributed by atoms with Crippen molar-refractivity contribution in [3.05, 3.63) is 313 Å². The molecule has 0 saturated carbocycles. The van der Waals surface area contributed by atoms with Gasteiger partial charge in [-0.15, -0.1) is 0 Å². The summed E-state index contributed by atoms with van der Waals surface area (Å²) < 4.78 is 110. The van der Waals surface area contributed by atoms with Crippen LogP contribution in [0.5, 0.6) is 0 Å². The largest absolute Gasteiger partial charge is 0.378 e. The molecule has 4 aliphatic heterocycles. The summed E-state index contributed by atoms with van der Waals surface area (Å²) in [5.41, 5.74) is 14.1. The average Bonchev–Trinajstić information content (AvgIpc) is 1.52. The van der Waals surface area contributed by atoms with E-state index in [0.29, 0.717) is 173 Å². The van der Waals surface area contributed by atoms with Gasteiger partial charge >= 0.3 is 40.8 Å². The second-order valence-corrected chi connectivity index (χ2v) is 36.5. The van der Waals surface area contributed by atoms with Gasteiger partial charge in [-0.25, -0.2) is 4.85 Å². The van der Waals surface area contributed by atoms with Gasteiger partial charge in [0, 0.05) is 168 Å². The number of carbonyl (C=O) groups excluding carboxylic acids is 4. The zero-order chi connectivity index (χ0) is 87.5. The molecule has 38 heteroatoms. The standard InChI is InChI=1S/C23H23ClN4O3S.C21H16ClN5O3S.C21H19ClN4O3S.C20H16Cl2N4O3S/c1-27(2)19-8-3-16(4-9-19)21-15-18(7-12-22(21)24)26-23(29)17-5-10-20(11-6-17)28-14-13-25-32(28,30)31;1-23-16-5-9-20(24-13-16)18-12-15(4-8-19(18)22)26-21(28)14-2-6-17(7-3-14)27-11-10-25-31(27,29)30;1-14-8-9-23-20(12-14)18-13-16(4-7-19(18)22)25-21(27)15-2-5-17(6-3-15)26-11-10-24-30(26,28)29;21-14-7-8-23-19(11-14)17-12-15(3-6-18(17)22)25-20(27)13-1-4-16(5-2-13)26-10-9-24-30(26,28)29/h3-12,15,25H,13-14H2,1-2H3,(H,26,29);2-9,12-13,25H,10-11H2,(H,26,28);2-9,12-13,24H,10-11H2,1H3,(H,25,27);1-8,11-12,24H,9-10H2,(H,25,27). The minimum atomic E-state index is -3.51. The third kappa shape index (κ3) is 21.9. The number of hydrogen-bond donors (Lipinski definition) is 8. The first-order valence-corrected chi connectivity index (χ1v) is 45.0.